The summed E-state index contributed by atoms with van der Waals surface area (Å²) < 4.78 is 21.3. The van der Waals surface area contributed by atoms with Crippen molar-refractivity contribution < 1.29 is 18.3 Å². The van der Waals surface area contributed by atoms with Gasteiger partial charge in [-0.3, -0.25) is 0 Å². The van der Waals surface area contributed by atoms with Gasteiger partial charge in [0.1, 0.15) is 0 Å². The molecular weight excluding hydrogens is 392 g/mol. The molecule has 0 bridgehead atoms. The maximum Gasteiger partial charge on any atom is 0.284 e. The van der Waals surface area contributed by atoms with Gasteiger partial charge in [-0.1, -0.05) is 0 Å². The maximum absolute atomic E-state index is 5.48. The fourth-order valence-electron chi connectivity index (χ4n) is 1.52. The molecular formula is C12H18N4O4S4. The molecule has 2 aromatic rings. The molecule has 2 N–H and O–H groups in total. The molecule has 8 nitrogen and oxygen atoms in total. The SMILES string of the molecule is S=c1[nH]nc(CSCCOCCOCCSCc2n[nH]c(=S)o2)o1. The molecule has 0 amide bonds. The molecule has 0 saturated heterocycles. The summed E-state index contributed by atoms with van der Waals surface area (Å²) in [7, 11) is 0. The van der Waals surface area contributed by atoms with Crippen molar-refractivity contribution in [3.8, 4) is 0 Å². The zero-order chi connectivity index (χ0) is 17.0. The fraction of sp³-hybridized carbons (Fsp3) is 0.667. The smallest absolute Gasteiger partial charge is 0.284 e. The second-order valence-corrected chi connectivity index (χ2v) is 7.30. The number of aromatic nitrogens is 4. The normalized spacial score (nSPS) is 11.2. The molecule has 0 aliphatic rings. The quantitative estimate of drug-likeness (QED) is 0.378. The summed E-state index contributed by atoms with van der Waals surface area (Å²) in [6.07, 6.45) is 0. The number of aromatic amines is 2. The first-order valence-electron chi connectivity index (χ1n) is 7.14. The Bertz CT molecular complexity index is 624. The molecule has 2 rings (SSSR count). The number of hydrogen-bond donors (Lipinski definition) is 2. The second kappa shape index (κ2) is 11.8. The topological polar surface area (TPSA) is 102 Å². The maximum atomic E-state index is 5.48. The van der Waals surface area contributed by atoms with Gasteiger partial charge < -0.3 is 18.3 Å². The Morgan fingerprint density at radius 2 is 1.25 bits per heavy atom. The van der Waals surface area contributed by atoms with Crippen molar-refractivity contribution in [2.24, 2.45) is 0 Å². The Morgan fingerprint density at radius 3 is 1.62 bits per heavy atom. The molecule has 0 aliphatic carbocycles. The van der Waals surface area contributed by atoms with E-state index in [1.54, 1.807) is 23.5 Å². The van der Waals surface area contributed by atoms with E-state index in [1.807, 2.05) is 0 Å². The molecule has 0 spiro atoms. The van der Waals surface area contributed by atoms with Gasteiger partial charge in [-0.2, -0.15) is 0 Å². The van der Waals surface area contributed by atoms with Crippen LogP contribution in [0.25, 0.3) is 0 Å². The first kappa shape index (κ1) is 19.7. The summed E-state index contributed by atoms with van der Waals surface area (Å²) in [4.78, 5) is 0.613. The first-order valence-corrected chi connectivity index (χ1v) is 10.3. The van der Waals surface area contributed by atoms with E-state index >= 15 is 0 Å². The van der Waals surface area contributed by atoms with Crippen LogP contribution in [0.2, 0.25) is 0 Å². The number of hydrogen-bond acceptors (Lipinski definition) is 10. The van der Waals surface area contributed by atoms with Crippen molar-refractivity contribution in [2.45, 2.75) is 11.5 Å². The van der Waals surface area contributed by atoms with E-state index in [2.05, 4.69) is 20.4 Å². The van der Waals surface area contributed by atoms with Crippen LogP contribution in [-0.4, -0.2) is 58.3 Å². The number of ether oxygens (including phenoxy) is 2. The zero-order valence-electron chi connectivity index (χ0n) is 12.8. The highest BCUT2D eigenvalue weighted by molar-refractivity contribution is 7.98. The van der Waals surface area contributed by atoms with E-state index in [1.165, 1.54) is 0 Å². The molecule has 0 atom stereocenters. The van der Waals surface area contributed by atoms with Gasteiger partial charge in [0.15, 0.2) is 0 Å². The molecule has 0 aliphatic heterocycles. The summed E-state index contributed by atoms with van der Waals surface area (Å²) in [5.41, 5.74) is 0. The lowest BCUT2D eigenvalue weighted by atomic mass is 10.7. The van der Waals surface area contributed by atoms with E-state index in [9.17, 15) is 0 Å². The Hall–Kier alpha value is -0.660. The summed E-state index contributed by atoms with van der Waals surface area (Å²) in [6.45, 7) is 2.50. The molecule has 2 aromatic heterocycles. The minimum absolute atomic E-state index is 0.307. The van der Waals surface area contributed by atoms with Crippen molar-refractivity contribution in [3.05, 3.63) is 21.5 Å². The Balaban J connectivity index is 1.33. The van der Waals surface area contributed by atoms with Gasteiger partial charge in [-0.25, -0.2) is 10.2 Å². The van der Waals surface area contributed by atoms with Crippen LogP contribution in [0.4, 0.5) is 0 Å². The largest absolute Gasteiger partial charge is 0.413 e. The van der Waals surface area contributed by atoms with Gasteiger partial charge in [-0.15, -0.1) is 33.7 Å². The van der Waals surface area contributed by atoms with Gasteiger partial charge >= 0.3 is 0 Å². The van der Waals surface area contributed by atoms with Crippen LogP contribution in [0.3, 0.4) is 0 Å². The van der Waals surface area contributed by atoms with E-state index in [-0.39, 0.29) is 0 Å². The molecule has 24 heavy (non-hydrogen) atoms. The second-order valence-electron chi connectivity index (χ2n) is 4.34. The van der Waals surface area contributed by atoms with Gasteiger partial charge in [0.05, 0.1) is 37.9 Å². The number of H-pyrrole nitrogens is 2. The number of nitrogens with zero attached hydrogens (tertiary/aromatic N) is 2. The molecule has 0 unspecified atom stereocenters. The highest BCUT2D eigenvalue weighted by Crippen LogP contribution is 2.10. The van der Waals surface area contributed by atoms with E-state index in [4.69, 9.17) is 42.7 Å². The van der Waals surface area contributed by atoms with E-state index < -0.39 is 0 Å². The van der Waals surface area contributed by atoms with Crippen molar-refractivity contribution >= 4 is 48.0 Å². The number of thioether (sulfide) groups is 2. The Morgan fingerprint density at radius 1 is 0.792 bits per heavy atom. The van der Waals surface area contributed by atoms with Crippen LogP contribution in [-0.2, 0) is 21.0 Å². The molecule has 12 heteroatoms. The van der Waals surface area contributed by atoms with Gasteiger partial charge in [-0.05, 0) is 24.4 Å². The predicted octanol–water partition coefficient (Wildman–Crippen LogP) is 2.98. The molecule has 0 aromatic carbocycles. The van der Waals surface area contributed by atoms with Crippen molar-refractivity contribution in [3.63, 3.8) is 0 Å². The fourth-order valence-corrected chi connectivity index (χ4v) is 3.16. The third-order valence-electron chi connectivity index (χ3n) is 2.53. The standard InChI is InChI=1S/C12H18N4O4S4/c21-11-15-13-9(19-11)7-23-5-3-17-1-2-18-4-6-24-8-10-14-16-12(22)20-10/h1-8H2,(H,15,21)(H,16,22). The molecule has 0 radical (unpaired) electrons. The van der Waals surface area contributed by atoms with Crippen molar-refractivity contribution in [2.75, 3.05) is 37.9 Å². The lowest BCUT2D eigenvalue weighted by molar-refractivity contribution is 0.0605. The summed E-state index contributed by atoms with van der Waals surface area (Å²) in [5.74, 6) is 4.31. The predicted molar refractivity (Wildman–Crippen MR) is 97.3 cm³/mol. The summed E-state index contributed by atoms with van der Waals surface area (Å²) in [5, 5.41) is 13.0. The van der Waals surface area contributed by atoms with E-state index in [0.29, 0.717) is 59.4 Å². The first-order chi connectivity index (χ1) is 11.7. The highest BCUT2D eigenvalue weighted by Gasteiger charge is 2.00. The van der Waals surface area contributed by atoms with Crippen LogP contribution >= 0.6 is 48.0 Å². The Labute approximate surface area is 157 Å². The third kappa shape index (κ3) is 8.44. The van der Waals surface area contributed by atoms with Gasteiger partial charge in [0.25, 0.3) is 9.67 Å². The monoisotopic (exact) mass is 410 g/mol. The highest BCUT2D eigenvalue weighted by atomic mass is 32.2. The van der Waals surface area contributed by atoms with Crippen LogP contribution in [0.5, 0.6) is 0 Å². The van der Waals surface area contributed by atoms with Crippen molar-refractivity contribution in [1.82, 2.24) is 20.4 Å². The molecule has 0 fully saturated rings. The van der Waals surface area contributed by atoms with Crippen LogP contribution < -0.4 is 0 Å². The molecule has 0 saturated carbocycles. The van der Waals surface area contributed by atoms with Crippen LogP contribution in [0, 0.1) is 9.67 Å². The Kier molecular flexibility index (Phi) is 9.68. The minimum atomic E-state index is 0.307. The minimum Gasteiger partial charge on any atom is -0.413 e. The summed E-state index contributed by atoms with van der Waals surface area (Å²) >= 11 is 13.0. The van der Waals surface area contributed by atoms with Gasteiger partial charge in [0, 0.05) is 11.5 Å². The lowest BCUT2D eigenvalue weighted by Crippen LogP contribution is -2.08. The average molecular weight is 411 g/mol. The number of nitrogens with one attached hydrogen (secondary N) is 2. The third-order valence-corrected chi connectivity index (χ3v) is 4.69. The van der Waals surface area contributed by atoms with E-state index in [0.717, 1.165) is 11.5 Å². The summed E-state index contributed by atoms with van der Waals surface area (Å²) in [6, 6.07) is 0. The number of rotatable bonds is 13. The van der Waals surface area contributed by atoms with Crippen molar-refractivity contribution in [1.29, 1.82) is 0 Å². The molecule has 2 heterocycles. The average Bonchev–Trinajstić information content (AvgIpc) is 3.17. The zero-order valence-corrected chi connectivity index (χ0v) is 16.1. The molecule has 134 valence electrons. The van der Waals surface area contributed by atoms with Crippen LogP contribution in [0.15, 0.2) is 8.83 Å². The lowest BCUT2D eigenvalue weighted by Gasteiger charge is -2.05. The van der Waals surface area contributed by atoms with Crippen LogP contribution in [0.1, 0.15) is 11.8 Å². The van der Waals surface area contributed by atoms with Gasteiger partial charge in [0.2, 0.25) is 11.8 Å².